The number of aromatic carboxylic acids is 1. The number of phenols is 1. The van der Waals surface area contributed by atoms with Gasteiger partial charge < -0.3 is 20.3 Å². The maximum atomic E-state index is 11.0. The van der Waals surface area contributed by atoms with Crippen molar-refractivity contribution in [2.45, 2.75) is 0 Å². The number of nitrogens with one attached hydrogen (secondary N) is 1. The molecular weight excluding hydrogens is 330 g/mol. The maximum Gasteiger partial charge on any atom is 0.339 e. The zero-order chi connectivity index (χ0) is 18.4. The van der Waals surface area contributed by atoms with Crippen LogP contribution < -0.4 is 10.1 Å². The highest BCUT2D eigenvalue weighted by Gasteiger charge is 2.12. The van der Waals surface area contributed by atoms with Crippen LogP contribution in [-0.4, -0.2) is 29.3 Å². The van der Waals surface area contributed by atoms with Crippen LogP contribution in [0.5, 0.6) is 11.5 Å². The Kier molecular flexibility index (Phi) is 5.39. The van der Waals surface area contributed by atoms with E-state index in [0.29, 0.717) is 18.8 Å². The van der Waals surface area contributed by atoms with Crippen LogP contribution in [0.2, 0.25) is 0 Å². The molecule has 132 valence electrons. The van der Waals surface area contributed by atoms with Gasteiger partial charge in [0, 0.05) is 6.54 Å². The Hall–Kier alpha value is -3.47. The van der Waals surface area contributed by atoms with Gasteiger partial charge in [0.1, 0.15) is 17.9 Å². The van der Waals surface area contributed by atoms with Crippen LogP contribution >= 0.6 is 0 Å². The van der Waals surface area contributed by atoms with Gasteiger partial charge in [0.25, 0.3) is 0 Å². The van der Waals surface area contributed by atoms with E-state index in [-0.39, 0.29) is 11.3 Å². The molecule has 0 aliphatic carbocycles. The summed E-state index contributed by atoms with van der Waals surface area (Å²) < 4.78 is 5.68. The van der Waals surface area contributed by atoms with Crippen LogP contribution in [0.15, 0.2) is 72.8 Å². The summed E-state index contributed by atoms with van der Waals surface area (Å²) in [5.41, 5.74) is 2.50. The van der Waals surface area contributed by atoms with E-state index in [9.17, 15) is 9.90 Å². The highest BCUT2D eigenvalue weighted by atomic mass is 16.5. The molecule has 3 N–H and O–H groups in total. The number of carboxylic acid groups (broad SMARTS) is 1. The smallest absolute Gasteiger partial charge is 0.339 e. The van der Waals surface area contributed by atoms with E-state index in [2.05, 4.69) is 17.4 Å². The molecule has 3 aromatic rings. The summed E-state index contributed by atoms with van der Waals surface area (Å²) in [5, 5.41) is 21.9. The van der Waals surface area contributed by atoms with Crippen molar-refractivity contribution >= 4 is 11.7 Å². The molecule has 0 heterocycles. The normalized spacial score (nSPS) is 10.3. The molecule has 3 aromatic carbocycles. The third-order valence-electron chi connectivity index (χ3n) is 3.91. The molecule has 0 aromatic heterocycles. The molecule has 0 bridgehead atoms. The van der Waals surface area contributed by atoms with Crippen LogP contribution in [0.4, 0.5) is 5.69 Å². The van der Waals surface area contributed by atoms with Crippen LogP contribution in [0.1, 0.15) is 10.4 Å². The van der Waals surface area contributed by atoms with Crippen molar-refractivity contribution in [3.63, 3.8) is 0 Å². The Morgan fingerprint density at radius 2 is 1.58 bits per heavy atom. The molecule has 5 heteroatoms. The van der Waals surface area contributed by atoms with Gasteiger partial charge in [0.2, 0.25) is 0 Å². The molecule has 0 unspecified atom stereocenters. The summed E-state index contributed by atoms with van der Waals surface area (Å²) in [5.74, 6) is -0.692. The Labute approximate surface area is 151 Å². The summed E-state index contributed by atoms with van der Waals surface area (Å²) >= 11 is 0. The fraction of sp³-hybridized carbons (Fsp3) is 0.0952. The number of carbonyl (C=O) groups is 1. The predicted octanol–water partition coefficient (Wildman–Crippen LogP) is 4.25. The second kappa shape index (κ2) is 8.07. The predicted molar refractivity (Wildman–Crippen MR) is 101 cm³/mol. The number of anilines is 1. The molecular formula is C21H19NO4. The van der Waals surface area contributed by atoms with E-state index in [0.717, 1.165) is 16.9 Å². The van der Waals surface area contributed by atoms with Gasteiger partial charge in [-0.25, -0.2) is 4.79 Å². The van der Waals surface area contributed by atoms with E-state index in [1.807, 2.05) is 42.5 Å². The number of hydrogen-bond acceptors (Lipinski definition) is 4. The van der Waals surface area contributed by atoms with Gasteiger partial charge in [0.15, 0.2) is 5.75 Å². The first-order chi connectivity index (χ1) is 12.6. The summed E-state index contributed by atoms with van der Waals surface area (Å²) in [4.78, 5) is 11.0. The second-order valence-corrected chi connectivity index (χ2v) is 5.67. The lowest BCUT2D eigenvalue weighted by Crippen LogP contribution is -2.12. The van der Waals surface area contributed by atoms with Crippen molar-refractivity contribution in [3.8, 4) is 22.6 Å². The molecule has 3 rings (SSSR count). The largest absolute Gasteiger partial charge is 0.505 e. The lowest BCUT2D eigenvalue weighted by atomic mass is 10.1. The molecule has 26 heavy (non-hydrogen) atoms. The zero-order valence-corrected chi connectivity index (χ0v) is 14.1. The van der Waals surface area contributed by atoms with Crippen molar-refractivity contribution in [1.29, 1.82) is 0 Å². The molecule has 0 atom stereocenters. The number of ether oxygens (including phenoxy) is 1. The van der Waals surface area contributed by atoms with Gasteiger partial charge in [-0.3, -0.25) is 0 Å². The summed E-state index contributed by atoms with van der Waals surface area (Å²) in [6, 6.07) is 22.5. The van der Waals surface area contributed by atoms with Gasteiger partial charge >= 0.3 is 5.97 Å². The average Bonchev–Trinajstić information content (AvgIpc) is 2.67. The molecule has 0 aliphatic rings. The van der Waals surface area contributed by atoms with E-state index in [4.69, 9.17) is 9.84 Å². The molecule has 0 aliphatic heterocycles. The van der Waals surface area contributed by atoms with Crippen molar-refractivity contribution < 1.29 is 19.7 Å². The SMILES string of the molecule is O=C(O)c1cccc(NCCOc2ccc(-c3ccccc3)cc2)c1O. The van der Waals surface area contributed by atoms with Crippen molar-refractivity contribution in [3.05, 3.63) is 78.4 Å². The van der Waals surface area contributed by atoms with E-state index in [1.165, 1.54) is 6.07 Å². The molecule has 0 saturated carbocycles. The second-order valence-electron chi connectivity index (χ2n) is 5.67. The van der Waals surface area contributed by atoms with Crippen molar-refractivity contribution in [1.82, 2.24) is 0 Å². The minimum absolute atomic E-state index is 0.132. The Balaban J connectivity index is 1.53. The Morgan fingerprint density at radius 1 is 0.885 bits per heavy atom. The summed E-state index contributed by atoms with van der Waals surface area (Å²) in [6.07, 6.45) is 0. The fourth-order valence-electron chi connectivity index (χ4n) is 2.59. The minimum atomic E-state index is -1.17. The van der Waals surface area contributed by atoms with Crippen LogP contribution in [0.25, 0.3) is 11.1 Å². The van der Waals surface area contributed by atoms with Crippen molar-refractivity contribution in [2.75, 3.05) is 18.5 Å². The summed E-state index contributed by atoms with van der Waals surface area (Å²) in [7, 11) is 0. The monoisotopic (exact) mass is 349 g/mol. The van der Waals surface area contributed by atoms with Gasteiger partial charge in [-0.05, 0) is 35.4 Å². The zero-order valence-electron chi connectivity index (χ0n) is 14.1. The summed E-state index contributed by atoms with van der Waals surface area (Å²) in [6.45, 7) is 0.804. The molecule has 0 saturated heterocycles. The quantitative estimate of drug-likeness (QED) is 0.439. The van der Waals surface area contributed by atoms with E-state index in [1.54, 1.807) is 12.1 Å². The Morgan fingerprint density at radius 3 is 2.27 bits per heavy atom. The number of hydrogen-bond donors (Lipinski definition) is 3. The number of para-hydroxylation sites is 1. The third kappa shape index (κ3) is 4.13. The molecule has 5 nitrogen and oxygen atoms in total. The molecule has 0 fully saturated rings. The van der Waals surface area contributed by atoms with E-state index < -0.39 is 5.97 Å². The number of carboxylic acids is 1. The Bertz CT molecular complexity index is 876. The first-order valence-corrected chi connectivity index (χ1v) is 8.22. The topological polar surface area (TPSA) is 78.8 Å². The van der Waals surface area contributed by atoms with Crippen LogP contribution in [0, 0.1) is 0 Å². The third-order valence-corrected chi connectivity index (χ3v) is 3.91. The number of aromatic hydroxyl groups is 1. The maximum absolute atomic E-state index is 11.0. The van der Waals surface area contributed by atoms with Gasteiger partial charge in [-0.1, -0.05) is 48.5 Å². The lowest BCUT2D eigenvalue weighted by Gasteiger charge is -2.11. The average molecular weight is 349 g/mol. The first-order valence-electron chi connectivity index (χ1n) is 8.22. The fourth-order valence-corrected chi connectivity index (χ4v) is 2.59. The molecule has 0 amide bonds. The number of rotatable bonds is 7. The first kappa shape index (κ1) is 17.4. The minimum Gasteiger partial charge on any atom is -0.505 e. The standard InChI is InChI=1S/C21H19NO4/c23-20-18(21(24)25)7-4-8-19(20)22-13-14-26-17-11-9-16(10-12-17)15-5-2-1-3-6-15/h1-12,22-23H,13-14H2,(H,24,25). The highest BCUT2D eigenvalue weighted by molar-refractivity contribution is 5.93. The van der Waals surface area contributed by atoms with Crippen LogP contribution in [0.3, 0.4) is 0 Å². The van der Waals surface area contributed by atoms with Crippen molar-refractivity contribution in [2.24, 2.45) is 0 Å². The van der Waals surface area contributed by atoms with E-state index >= 15 is 0 Å². The van der Waals surface area contributed by atoms with Gasteiger partial charge in [-0.2, -0.15) is 0 Å². The van der Waals surface area contributed by atoms with Gasteiger partial charge in [-0.15, -0.1) is 0 Å². The number of benzene rings is 3. The lowest BCUT2D eigenvalue weighted by molar-refractivity contribution is 0.0694. The molecule has 0 spiro atoms. The molecule has 0 radical (unpaired) electrons. The van der Waals surface area contributed by atoms with Crippen LogP contribution in [-0.2, 0) is 0 Å². The van der Waals surface area contributed by atoms with Gasteiger partial charge in [0.05, 0.1) is 5.69 Å². The highest BCUT2D eigenvalue weighted by Crippen LogP contribution is 2.27.